The van der Waals surface area contributed by atoms with Gasteiger partial charge in [-0.25, -0.2) is 0 Å². The fraction of sp³-hybridized carbons (Fsp3) is 0.357. The average molecular weight is 186 g/mol. The van der Waals surface area contributed by atoms with Crippen molar-refractivity contribution in [2.45, 2.75) is 33.1 Å². The largest absolute Gasteiger partial charge is 0.126 e. The summed E-state index contributed by atoms with van der Waals surface area (Å²) in [4.78, 5) is 0. The lowest BCUT2D eigenvalue weighted by atomic mass is 9.84. The van der Waals surface area contributed by atoms with E-state index in [1.807, 2.05) is 6.07 Å². The van der Waals surface area contributed by atoms with Crippen LogP contribution in [-0.4, -0.2) is 0 Å². The van der Waals surface area contributed by atoms with Crippen LogP contribution in [0.2, 0.25) is 0 Å². The summed E-state index contributed by atoms with van der Waals surface area (Å²) < 4.78 is 0. The summed E-state index contributed by atoms with van der Waals surface area (Å²) in [7, 11) is 0. The summed E-state index contributed by atoms with van der Waals surface area (Å²) in [6, 6.07) is 10.5. The number of allylic oxidation sites excluding steroid dienone is 1. The molecule has 0 fully saturated rings. The molecule has 0 unspecified atom stereocenters. The Labute approximate surface area is 87.0 Å². The molecule has 0 amide bonds. The molecule has 0 heterocycles. The van der Waals surface area contributed by atoms with Gasteiger partial charge in [-0.1, -0.05) is 44.2 Å². The molecule has 0 N–H and O–H groups in total. The molecule has 0 spiro atoms. The molecule has 1 aromatic carbocycles. The molecule has 14 heavy (non-hydrogen) atoms. The van der Waals surface area contributed by atoms with Crippen LogP contribution in [0.4, 0.5) is 0 Å². The van der Waals surface area contributed by atoms with Crippen LogP contribution in [0.3, 0.4) is 0 Å². The van der Waals surface area contributed by atoms with Crippen LogP contribution in [0, 0.1) is 0 Å². The van der Waals surface area contributed by atoms with Gasteiger partial charge in [0.15, 0.2) is 0 Å². The van der Waals surface area contributed by atoms with Gasteiger partial charge in [0.1, 0.15) is 0 Å². The summed E-state index contributed by atoms with van der Waals surface area (Å²) in [5.41, 5.74) is 5.89. The predicted octanol–water partition coefficient (Wildman–Crippen LogP) is 4.09. The van der Waals surface area contributed by atoms with Gasteiger partial charge in [-0.3, -0.25) is 0 Å². The van der Waals surface area contributed by atoms with Crippen molar-refractivity contribution in [1.82, 2.24) is 0 Å². The van der Waals surface area contributed by atoms with E-state index in [2.05, 4.69) is 63.8 Å². The third-order valence-electron chi connectivity index (χ3n) is 2.24. The van der Waals surface area contributed by atoms with Crippen molar-refractivity contribution in [1.29, 1.82) is 0 Å². The van der Waals surface area contributed by atoms with Crippen molar-refractivity contribution in [3.05, 3.63) is 53.3 Å². The molecule has 0 nitrogen and oxygen atoms in total. The summed E-state index contributed by atoms with van der Waals surface area (Å²) in [5, 5.41) is 0. The van der Waals surface area contributed by atoms with Crippen molar-refractivity contribution in [2.24, 2.45) is 0 Å². The Morgan fingerprint density at radius 2 is 1.71 bits per heavy atom. The lowest BCUT2D eigenvalue weighted by Gasteiger charge is -2.19. The molecular weight excluding hydrogens is 168 g/mol. The Kier molecular flexibility index (Phi) is 3.33. The molecule has 0 aliphatic carbocycles. The third-order valence-corrected chi connectivity index (χ3v) is 2.24. The maximum atomic E-state index is 3.28. The van der Waals surface area contributed by atoms with E-state index in [0.717, 1.165) is 0 Å². The molecular formula is C14H18. The highest BCUT2D eigenvalue weighted by Crippen LogP contribution is 2.23. The number of hydrogen-bond donors (Lipinski definition) is 0. The molecule has 0 atom stereocenters. The second kappa shape index (κ2) is 4.30. The molecule has 0 saturated heterocycles. The molecule has 74 valence electrons. The topological polar surface area (TPSA) is 0 Å². The van der Waals surface area contributed by atoms with Gasteiger partial charge in [0, 0.05) is 5.41 Å². The lowest BCUT2D eigenvalue weighted by Crippen LogP contribution is -2.12. The average Bonchev–Trinajstić information content (AvgIpc) is 2.16. The molecule has 0 aliphatic rings. The first-order chi connectivity index (χ1) is 6.52. The van der Waals surface area contributed by atoms with Gasteiger partial charge in [-0.05, 0) is 31.1 Å². The fourth-order valence-electron chi connectivity index (χ4n) is 1.28. The fourth-order valence-corrected chi connectivity index (χ4v) is 1.28. The van der Waals surface area contributed by atoms with E-state index in [4.69, 9.17) is 0 Å². The van der Waals surface area contributed by atoms with E-state index >= 15 is 0 Å². The first kappa shape index (κ1) is 10.8. The highest BCUT2D eigenvalue weighted by molar-refractivity contribution is 5.28. The Hall–Kier alpha value is -1.26. The highest BCUT2D eigenvalue weighted by Gasteiger charge is 2.15. The molecule has 0 radical (unpaired) electrons. The van der Waals surface area contributed by atoms with Crippen LogP contribution in [0.1, 0.15) is 33.3 Å². The number of hydrogen-bond acceptors (Lipinski definition) is 0. The van der Waals surface area contributed by atoms with Gasteiger partial charge in [-0.15, -0.1) is 5.73 Å². The van der Waals surface area contributed by atoms with Crippen LogP contribution in [0.25, 0.3) is 0 Å². The monoisotopic (exact) mass is 186 g/mol. The molecule has 1 aromatic rings. The van der Waals surface area contributed by atoms with E-state index < -0.39 is 0 Å². The smallest absolute Gasteiger partial charge is 0.0151 e. The van der Waals surface area contributed by atoms with Gasteiger partial charge in [-0.2, -0.15) is 0 Å². The normalized spacial score (nSPS) is 10.6. The summed E-state index contributed by atoms with van der Waals surface area (Å²) >= 11 is 0. The zero-order chi connectivity index (χ0) is 10.6. The minimum atomic E-state index is 0.0680. The maximum absolute atomic E-state index is 3.28. The van der Waals surface area contributed by atoms with Crippen LogP contribution in [0.15, 0.2) is 47.7 Å². The van der Waals surface area contributed by atoms with Crippen molar-refractivity contribution < 1.29 is 0 Å². The first-order valence-corrected chi connectivity index (χ1v) is 4.99. The standard InChI is InChI=1S/C14H18/c1-12(2)10-11-14(3,4)13-8-6-5-7-9-13/h5-9,11H,1-4H3. The minimum absolute atomic E-state index is 0.0680. The highest BCUT2D eigenvalue weighted by atomic mass is 14.2. The zero-order valence-corrected chi connectivity index (χ0v) is 9.46. The lowest BCUT2D eigenvalue weighted by molar-refractivity contribution is 0.670. The Morgan fingerprint density at radius 1 is 1.14 bits per heavy atom. The minimum Gasteiger partial charge on any atom is -0.126 e. The SMILES string of the molecule is CC(C)=C=CC(C)(C)c1ccccc1. The Bertz CT molecular complexity index is 345. The third kappa shape index (κ3) is 2.90. The predicted molar refractivity (Wildman–Crippen MR) is 62.4 cm³/mol. The number of benzene rings is 1. The Morgan fingerprint density at radius 3 is 2.21 bits per heavy atom. The summed E-state index contributed by atoms with van der Waals surface area (Å²) in [6.07, 6.45) is 2.14. The van der Waals surface area contributed by atoms with Crippen LogP contribution < -0.4 is 0 Å². The Balaban J connectivity index is 3.03. The molecule has 0 aromatic heterocycles. The van der Waals surface area contributed by atoms with Crippen LogP contribution >= 0.6 is 0 Å². The molecule has 0 heteroatoms. The van der Waals surface area contributed by atoms with Crippen molar-refractivity contribution in [3.8, 4) is 0 Å². The summed E-state index contributed by atoms with van der Waals surface area (Å²) in [6.45, 7) is 8.55. The molecule has 0 bridgehead atoms. The van der Waals surface area contributed by atoms with E-state index in [1.165, 1.54) is 11.1 Å². The summed E-state index contributed by atoms with van der Waals surface area (Å²) in [5.74, 6) is 0. The second-order valence-corrected chi connectivity index (χ2v) is 4.38. The van der Waals surface area contributed by atoms with Gasteiger partial charge < -0.3 is 0 Å². The molecule has 0 aliphatic heterocycles. The van der Waals surface area contributed by atoms with Crippen LogP contribution in [0.5, 0.6) is 0 Å². The van der Waals surface area contributed by atoms with E-state index in [1.54, 1.807) is 0 Å². The molecule has 0 saturated carbocycles. The van der Waals surface area contributed by atoms with Crippen LogP contribution in [-0.2, 0) is 5.41 Å². The van der Waals surface area contributed by atoms with E-state index in [-0.39, 0.29) is 5.41 Å². The zero-order valence-electron chi connectivity index (χ0n) is 9.46. The van der Waals surface area contributed by atoms with Gasteiger partial charge in [0.05, 0.1) is 0 Å². The van der Waals surface area contributed by atoms with Crippen molar-refractivity contribution in [2.75, 3.05) is 0 Å². The molecule has 1 rings (SSSR count). The van der Waals surface area contributed by atoms with Gasteiger partial charge in [0.25, 0.3) is 0 Å². The van der Waals surface area contributed by atoms with Gasteiger partial charge >= 0.3 is 0 Å². The van der Waals surface area contributed by atoms with E-state index in [0.29, 0.717) is 0 Å². The second-order valence-electron chi connectivity index (χ2n) is 4.38. The first-order valence-electron chi connectivity index (χ1n) is 4.99. The van der Waals surface area contributed by atoms with E-state index in [9.17, 15) is 0 Å². The van der Waals surface area contributed by atoms with Crippen molar-refractivity contribution in [3.63, 3.8) is 0 Å². The van der Waals surface area contributed by atoms with Crippen molar-refractivity contribution >= 4 is 0 Å². The maximum Gasteiger partial charge on any atom is 0.0151 e. The quantitative estimate of drug-likeness (QED) is 0.610. The number of rotatable bonds is 2. The van der Waals surface area contributed by atoms with Gasteiger partial charge in [0.2, 0.25) is 0 Å².